The number of carboxylic acid groups (broad SMARTS) is 1. The monoisotopic (exact) mass is 208 g/mol. The zero-order valence-electron chi connectivity index (χ0n) is 9.46. The second kappa shape index (κ2) is 3.57. The number of carboxylic acids is 1. The van der Waals surface area contributed by atoms with Gasteiger partial charge in [-0.1, -0.05) is 20.8 Å². The minimum Gasteiger partial charge on any atom is -0.507 e. The molecule has 15 heavy (non-hydrogen) atoms. The number of aromatic hydroxyl groups is 1. The Labute approximate surface area is 89.4 Å². The Bertz CT molecular complexity index is 400. The molecule has 2 N–H and O–H groups in total. The van der Waals surface area contributed by atoms with Gasteiger partial charge in [0.25, 0.3) is 0 Å². The topological polar surface area (TPSA) is 57.5 Å². The molecule has 0 unspecified atom stereocenters. The average molecular weight is 208 g/mol. The molecule has 0 atom stereocenters. The quantitative estimate of drug-likeness (QED) is 0.746. The van der Waals surface area contributed by atoms with Crippen LogP contribution in [-0.4, -0.2) is 16.2 Å². The molecule has 0 radical (unpaired) electrons. The normalized spacial score (nSPS) is 11.5. The first kappa shape index (κ1) is 11.6. The number of benzene rings is 1. The summed E-state index contributed by atoms with van der Waals surface area (Å²) < 4.78 is 0. The predicted molar refractivity (Wildman–Crippen MR) is 58.5 cm³/mol. The molecule has 0 amide bonds. The van der Waals surface area contributed by atoms with Crippen molar-refractivity contribution in [3.63, 3.8) is 0 Å². The lowest BCUT2D eigenvalue weighted by Gasteiger charge is -2.22. The van der Waals surface area contributed by atoms with Gasteiger partial charge in [-0.15, -0.1) is 0 Å². The highest BCUT2D eigenvalue weighted by atomic mass is 16.4. The number of hydrogen-bond acceptors (Lipinski definition) is 2. The Morgan fingerprint density at radius 1 is 1.27 bits per heavy atom. The molecular weight excluding hydrogens is 192 g/mol. The van der Waals surface area contributed by atoms with Crippen molar-refractivity contribution >= 4 is 5.97 Å². The van der Waals surface area contributed by atoms with Crippen molar-refractivity contribution in [1.82, 2.24) is 0 Å². The summed E-state index contributed by atoms with van der Waals surface area (Å²) in [5, 5.41) is 18.8. The van der Waals surface area contributed by atoms with Crippen LogP contribution in [0.2, 0.25) is 0 Å². The fourth-order valence-electron chi connectivity index (χ4n) is 1.47. The van der Waals surface area contributed by atoms with Crippen LogP contribution in [0.3, 0.4) is 0 Å². The van der Waals surface area contributed by atoms with Gasteiger partial charge in [-0.05, 0) is 30.0 Å². The van der Waals surface area contributed by atoms with Gasteiger partial charge in [-0.25, -0.2) is 4.79 Å². The van der Waals surface area contributed by atoms with Gasteiger partial charge in [-0.2, -0.15) is 0 Å². The van der Waals surface area contributed by atoms with Crippen LogP contribution < -0.4 is 0 Å². The van der Waals surface area contributed by atoms with E-state index >= 15 is 0 Å². The van der Waals surface area contributed by atoms with Crippen LogP contribution in [0.4, 0.5) is 0 Å². The van der Waals surface area contributed by atoms with Crippen molar-refractivity contribution in [2.75, 3.05) is 0 Å². The lowest BCUT2D eigenvalue weighted by atomic mass is 9.84. The Hall–Kier alpha value is -1.51. The van der Waals surface area contributed by atoms with E-state index in [4.69, 9.17) is 5.11 Å². The molecule has 1 aromatic carbocycles. The summed E-state index contributed by atoms with van der Waals surface area (Å²) >= 11 is 0. The molecule has 1 aromatic rings. The minimum atomic E-state index is -0.969. The summed E-state index contributed by atoms with van der Waals surface area (Å²) in [5.74, 6) is -0.781. The molecule has 3 nitrogen and oxygen atoms in total. The molecule has 0 aliphatic heterocycles. The summed E-state index contributed by atoms with van der Waals surface area (Å²) in [6.45, 7) is 7.52. The van der Waals surface area contributed by atoms with E-state index in [0.717, 1.165) is 0 Å². The lowest BCUT2D eigenvalue weighted by molar-refractivity contribution is 0.0696. The van der Waals surface area contributed by atoms with E-state index in [-0.39, 0.29) is 16.7 Å². The Kier molecular flexibility index (Phi) is 2.75. The third kappa shape index (κ3) is 2.29. The zero-order chi connectivity index (χ0) is 11.8. The van der Waals surface area contributed by atoms with Crippen molar-refractivity contribution in [1.29, 1.82) is 0 Å². The highest BCUT2D eigenvalue weighted by Crippen LogP contribution is 2.33. The summed E-state index contributed by atoms with van der Waals surface area (Å²) in [6.07, 6.45) is 0. The summed E-state index contributed by atoms with van der Waals surface area (Å²) in [7, 11) is 0. The zero-order valence-corrected chi connectivity index (χ0v) is 9.46. The van der Waals surface area contributed by atoms with Crippen LogP contribution >= 0.6 is 0 Å². The molecule has 1 rings (SSSR count). The highest BCUT2D eigenvalue weighted by molar-refractivity contribution is 5.88. The highest BCUT2D eigenvalue weighted by Gasteiger charge is 2.21. The van der Waals surface area contributed by atoms with Crippen molar-refractivity contribution < 1.29 is 15.0 Å². The van der Waals surface area contributed by atoms with Crippen molar-refractivity contribution in [2.24, 2.45) is 0 Å². The van der Waals surface area contributed by atoms with Crippen LogP contribution in [0.5, 0.6) is 5.75 Å². The van der Waals surface area contributed by atoms with Gasteiger partial charge < -0.3 is 10.2 Å². The van der Waals surface area contributed by atoms with E-state index in [1.165, 1.54) is 12.1 Å². The van der Waals surface area contributed by atoms with Crippen LogP contribution in [0, 0.1) is 6.92 Å². The maximum Gasteiger partial charge on any atom is 0.335 e. The summed E-state index contributed by atoms with van der Waals surface area (Å²) in [4.78, 5) is 10.9. The van der Waals surface area contributed by atoms with Gasteiger partial charge in [0.15, 0.2) is 0 Å². The number of aromatic carboxylic acids is 1. The molecule has 0 heterocycles. The first-order valence-corrected chi connectivity index (χ1v) is 4.81. The second-order valence-corrected chi connectivity index (χ2v) is 4.74. The smallest absolute Gasteiger partial charge is 0.335 e. The van der Waals surface area contributed by atoms with E-state index < -0.39 is 5.97 Å². The number of aryl methyl sites for hydroxylation is 1. The van der Waals surface area contributed by atoms with E-state index in [1.807, 2.05) is 20.8 Å². The molecular formula is C12H16O3. The van der Waals surface area contributed by atoms with Gasteiger partial charge >= 0.3 is 5.97 Å². The van der Waals surface area contributed by atoms with Crippen molar-refractivity contribution in [2.45, 2.75) is 33.1 Å². The summed E-state index contributed by atoms with van der Waals surface area (Å²) in [6, 6.07) is 3.01. The Balaban J connectivity index is 3.45. The van der Waals surface area contributed by atoms with Crippen LogP contribution in [0.15, 0.2) is 12.1 Å². The second-order valence-electron chi connectivity index (χ2n) is 4.74. The molecule has 0 saturated heterocycles. The lowest BCUT2D eigenvalue weighted by Crippen LogP contribution is -2.13. The van der Waals surface area contributed by atoms with E-state index in [2.05, 4.69) is 0 Å². The van der Waals surface area contributed by atoms with Gasteiger partial charge in [-0.3, -0.25) is 0 Å². The Morgan fingerprint density at radius 3 is 2.20 bits per heavy atom. The van der Waals surface area contributed by atoms with Crippen LogP contribution in [0.25, 0.3) is 0 Å². The third-order valence-electron chi connectivity index (χ3n) is 2.36. The van der Waals surface area contributed by atoms with E-state index in [0.29, 0.717) is 11.1 Å². The van der Waals surface area contributed by atoms with E-state index in [1.54, 1.807) is 6.92 Å². The number of carbonyl (C=O) groups is 1. The molecule has 0 fully saturated rings. The standard InChI is InChI=1S/C12H16O3/c1-7-5-8(11(14)15)6-9(10(7)13)12(2,3)4/h5-6,13H,1-4H3,(H,14,15). The maximum atomic E-state index is 10.9. The average Bonchev–Trinajstić information content (AvgIpc) is 2.06. The molecule has 3 heteroatoms. The largest absolute Gasteiger partial charge is 0.507 e. The van der Waals surface area contributed by atoms with E-state index in [9.17, 15) is 9.90 Å². The first-order chi connectivity index (χ1) is 6.73. The van der Waals surface area contributed by atoms with Gasteiger partial charge in [0, 0.05) is 5.56 Å². The van der Waals surface area contributed by atoms with Crippen molar-refractivity contribution in [3.05, 3.63) is 28.8 Å². The third-order valence-corrected chi connectivity index (χ3v) is 2.36. The molecule has 0 bridgehead atoms. The van der Waals surface area contributed by atoms with Gasteiger partial charge in [0.2, 0.25) is 0 Å². The van der Waals surface area contributed by atoms with Crippen LogP contribution in [0.1, 0.15) is 42.3 Å². The number of hydrogen-bond donors (Lipinski definition) is 2. The maximum absolute atomic E-state index is 10.9. The SMILES string of the molecule is Cc1cc(C(=O)O)cc(C(C)(C)C)c1O. The number of phenols is 1. The van der Waals surface area contributed by atoms with Crippen LogP contribution in [-0.2, 0) is 5.41 Å². The molecule has 0 aliphatic rings. The predicted octanol–water partition coefficient (Wildman–Crippen LogP) is 2.70. The van der Waals surface area contributed by atoms with Gasteiger partial charge in [0.1, 0.15) is 5.75 Å². The fourth-order valence-corrected chi connectivity index (χ4v) is 1.47. The molecule has 82 valence electrons. The summed E-state index contributed by atoms with van der Waals surface area (Å²) in [5.41, 5.74) is 1.22. The molecule has 0 aliphatic carbocycles. The van der Waals surface area contributed by atoms with Crippen molar-refractivity contribution in [3.8, 4) is 5.75 Å². The molecule has 0 aromatic heterocycles. The minimum absolute atomic E-state index is 0.188. The molecule has 0 saturated carbocycles. The van der Waals surface area contributed by atoms with Gasteiger partial charge in [0.05, 0.1) is 5.56 Å². The fraction of sp³-hybridized carbons (Fsp3) is 0.417. The number of phenolic OH excluding ortho intramolecular Hbond substituents is 1. The number of rotatable bonds is 1. The Morgan fingerprint density at radius 2 is 1.80 bits per heavy atom. The first-order valence-electron chi connectivity index (χ1n) is 4.81. The molecule has 0 spiro atoms.